The number of rotatable bonds is 4. The zero-order chi connectivity index (χ0) is 13.0. The average molecular weight is 258 g/mol. The fourth-order valence-electron chi connectivity index (χ4n) is 1.83. The third-order valence-corrected chi connectivity index (χ3v) is 3.73. The molecule has 92 valence electrons. The van der Waals surface area contributed by atoms with Crippen LogP contribution in [-0.2, 0) is 4.74 Å². The SMILES string of the molecule is C=CC(c1ccc(C(=O)OC)cc1)c1cccs1. The summed E-state index contributed by atoms with van der Waals surface area (Å²) < 4.78 is 4.68. The van der Waals surface area contributed by atoms with Crippen molar-refractivity contribution in [3.8, 4) is 0 Å². The van der Waals surface area contributed by atoms with Crippen molar-refractivity contribution in [2.24, 2.45) is 0 Å². The molecule has 0 aliphatic heterocycles. The zero-order valence-corrected chi connectivity index (χ0v) is 10.9. The average Bonchev–Trinajstić information content (AvgIpc) is 2.93. The van der Waals surface area contributed by atoms with E-state index in [1.165, 1.54) is 12.0 Å². The minimum atomic E-state index is -0.312. The number of carbonyl (C=O) groups excluding carboxylic acids is 1. The molecule has 1 aromatic carbocycles. The summed E-state index contributed by atoms with van der Waals surface area (Å²) in [6.45, 7) is 3.88. The number of benzene rings is 1. The Labute approximate surface area is 111 Å². The van der Waals surface area contributed by atoms with E-state index in [0.29, 0.717) is 5.56 Å². The van der Waals surface area contributed by atoms with Gasteiger partial charge in [-0.05, 0) is 29.1 Å². The predicted octanol–water partition coefficient (Wildman–Crippen LogP) is 3.85. The summed E-state index contributed by atoms with van der Waals surface area (Å²) in [4.78, 5) is 12.6. The van der Waals surface area contributed by atoms with Crippen molar-refractivity contribution in [1.82, 2.24) is 0 Å². The van der Waals surface area contributed by atoms with E-state index in [9.17, 15) is 4.79 Å². The van der Waals surface area contributed by atoms with Crippen molar-refractivity contribution in [2.75, 3.05) is 7.11 Å². The number of esters is 1. The number of carbonyl (C=O) groups is 1. The first kappa shape index (κ1) is 12.6. The van der Waals surface area contributed by atoms with E-state index in [2.05, 4.69) is 22.8 Å². The van der Waals surface area contributed by atoms with E-state index in [4.69, 9.17) is 0 Å². The molecule has 0 radical (unpaired) electrons. The van der Waals surface area contributed by atoms with Crippen molar-refractivity contribution < 1.29 is 9.53 Å². The van der Waals surface area contributed by atoms with E-state index in [-0.39, 0.29) is 11.9 Å². The van der Waals surface area contributed by atoms with Gasteiger partial charge in [0, 0.05) is 10.8 Å². The van der Waals surface area contributed by atoms with Gasteiger partial charge in [0.1, 0.15) is 0 Å². The summed E-state index contributed by atoms with van der Waals surface area (Å²) in [6, 6.07) is 11.6. The molecule has 1 atom stereocenters. The highest BCUT2D eigenvalue weighted by Crippen LogP contribution is 2.29. The highest BCUT2D eigenvalue weighted by molar-refractivity contribution is 7.10. The molecule has 0 fully saturated rings. The van der Waals surface area contributed by atoms with Crippen LogP contribution < -0.4 is 0 Å². The van der Waals surface area contributed by atoms with Crippen LogP contribution in [0.5, 0.6) is 0 Å². The van der Waals surface area contributed by atoms with Gasteiger partial charge in [-0.2, -0.15) is 0 Å². The Morgan fingerprint density at radius 1 is 1.33 bits per heavy atom. The normalized spacial score (nSPS) is 11.8. The summed E-state index contributed by atoms with van der Waals surface area (Å²) in [6.07, 6.45) is 1.92. The smallest absolute Gasteiger partial charge is 0.337 e. The molecular weight excluding hydrogens is 244 g/mol. The maximum atomic E-state index is 11.4. The second-order valence-corrected chi connectivity index (χ2v) is 4.82. The number of hydrogen-bond donors (Lipinski definition) is 0. The lowest BCUT2D eigenvalue weighted by Crippen LogP contribution is -2.02. The van der Waals surface area contributed by atoms with Crippen LogP contribution in [0.3, 0.4) is 0 Å². The number of allylic oxidation sites excluding steroid dienone is 1. The van der Waals surface area contributed by atoms with Gasteiger partial charge < -0.3 is 4.74 Å². The first-order valence-corrected chi connectivity index (χ1v) is 6.48. The minimum absolute atomic E-state index is 0.177. The largest absolute Gasteiger partial charge is 0.465 e. The molecule has 0 saturated carbocycles. The Balaban J connectivity index is 2.28. The molecule has 1 heterocycles. The van der Waals surface area contributed by atoms with Gasteiger partial charge in [0.05, 0.1) is 12.7 Å². The molecule has 2 nitrogen and oxygen atoms in total. The summed E-state index contributed by atoms with van der Waals surface area (Å²) in [5.41, 5.74) is 1.69. The third kappa shape index (κ3) is 2.51. The second-order valence-electron chi connectivity index (χ2n) is 3.84. The molecule has 2 rings (SSSR count). The Hall–Kier alpha value is -1.87. The molecule has 0 aliphatic carbocycles. The molecule has 0 aliphatic rings. The van der Waals surface area contributed by atoms with Crippen molar-refractivity contribution >= 4 is 17.3 Å². The van der Waals surface area contributed by atoms with Crippen LogP contribution in [0.4, 0.5) is 0 Å². The van der Waals surface area contributed by atoms with Crippen LogP contribution >= 0.6 is 11.3 Å². The molecule has 0 N–H and O–H groups in total. The van der Waals surface area contributed by atoms with E-state index in [1.54, 1.807) is 23.5 Å². The highest BCUT2D eigenvalue weighted by atomic mass is 32.1. The molecule has 0 spiro atoms. The molecule has 1 unspecified atom stereocenters. The molecule has 0 saturated heterocycles. The van der Waals surface area contributed by atoms with Crippen molar-refractivity contribution in [2.45, 2.75) is 5.92 Å². The number of thiophene rings is 1. The van der Waals surface area contributed by atoms with Crippen LogP contribution in [0, 0.1) is 0 Å². The lowest BCUT2D eigenvalue weighted by Gasteiger charge is -2.11. The first-order chi connectivity index (χ1) is 8.76. The molecule has 0 amide bonds. The van der Waals surface area contributed by atoms with Gasteiger partial charge in [0.15, 0.2) is 0 Å². The number of methoxy groups -OCH3 is 1. The summed E-state index contributed by atoms with van der Waals surface area (Å²) in [5.74, 6) is -0.135. The minimum Gasteiger partial charge on any atom is -0.465 e. The molecule has 3 heteroatoms. The first-order valence-electron chi connectivity index (χ1n) is 5.60. The molecule has 2 aromatic rings. The van der Waals surface area contributed by atoms with Crippen LogP contribution in [0.15, 0.2) is 54.4 Å². The highest BCUT2D eigenvalue weighted by Gasteiger charge is 2.12. The van der Waals surface area contributed by atoms with Gasteiger partial charge in [-0.15, -0.1) is 17.9 Å². The lowest BCUT2D eigenvalue weighted by atomic mass is 9.96. The van der Waals surface area contributed by atoms with E-state index < -0.39 is 0 Å². The molecular formula is C15H14O2S. The summed E-state index contributed by atoms with van der Waals surface area (Å²) in [5, 5.41) is 2.05. The molecule has 0 bridgehead atoms. The van der Waals surface area contributed by atoms with Crippen LogP contribution in [-0.4, -0.2) is 13.1 Å². The Morgan fingerprint density at radius 3 is 2.56 bits per heavy atom. The third-order valence-electron chi connectivity index (χ3n) is 2.78. The number of hydrogen-bond acceptors (Lipinski definition) is 3. The van der Waals surface area contributed by atoms with E-state index >= 15 is 0 Å². The van der Waals surface area contributed by atoms with Gasteiger partial charge in [0.2, 0.25) is 0 Å². The molecule has 18 heavy (non-hydrogen) atoms. The maximum absolute atomic E-state index is 11.4. The van der Waals surface area contributed by atoms with Gasteiger partial charge in [-0.1, -0.05) is 24.3 Å². The quantitative estimate of drug-likeness (QED) is 0.615. The van der Waals surface area contributed by atoms with Gasteiger partial charge in [-0.25, -0.2) is 4.79 Å². The zero-order valence-electron chi connectivity index (χ0n) is 10.1. The van der Waals surface area contributed by atoms with Crippen molar-refractivity contribution in [3.05, 3.63) is 70.4 Å². The van der Waals surface area contributed by atoms with Crippen LogP contribution in [0.25, 0.3) is 0 Å². The standard InChI is InChI=1S/C15H14O2S/c1-3-13(14-5-4-10-18-14)11-6-8-12(9-7-11)15(16)17-2/h3-10,13H,1H2,2H3. The van der Waals surface area contributed by atoms with Crippen molar-refractivity contribution in [3.63, 3.8) is 0 Å². The van der Waals surface area contributed by atoms with Crippen LogP contribution in [0.1, 0.15) is 26.7 Å². The fourth-order valence-corrected chi connectivity index (χ4v) is 2.68. The van der Waals surface area contributed by atoms with Gasteiger partial charge in [0.25, 0.3) is 0 Å². The maximum Gasteiger partial charge on any atom is 0.337 e. The van der Waals surface area contributed by atoms with Gasteiger partial charge >= 0.3 is 5.97 Å². The monoisotopic (exact) mass is 258 g/mol. The van der Waals surface area contributed by atoms with E-state index in [1.807, 2.05) is 24.3 Å². The Bertz CT molecular complexity index is 526. The topological polar surface area (TPSA) is 26.3 Å². The summed E-state index contributed by atoms with van der Waals surface area (Å²) >= 11 is 1.70. The second kappa shape index (κ2) is 5.65. The fraction of sp³-hybridized carbons (Fsp3) is 0.133. The Morgan fingerprint density at radius 2 is 2.06 bits per heavy atom. The number of ether oxygens (including phenoxy) is 1. The van der Waals surface area contributed by atoms with Crippen molar-refractivity contribution in [1.29, 1.82) is 0 Å². The summed E-state index contributed by atoms with van der Waals surface area (Å²) in [7, 11) is 1.38. The predicted molar refractivity (Wildman–Crippen MR) is 74.1 cm³/mol. The van der Waals surface area contributed by atoms with Crippen LogP contribution in [0.2, 0.25) is 0 Å². The van der Waals surface area contributed by atoms with E-state index in [0.717, 1.165) is 5.56 Å². The Kier molecular flexibility index (Phi) is 3.95. The molecule has 1 aromatic heterocycles. The lowest BCUT2D eigenvalue weighted by molar-refractivity contribution is 0.0600. The van der Waals surface area contributed by atoms with Gasteiger partial charge in [-0.3, -0.25) is 0 Å².